The number of hydrogen-bond donors (Lipinski definition) is 1. The van der Waals surface area contributed by atoms with Gasteiger partial charge in [-0.25, -0.2) is 4.39 Å². The van der Waals surface area contributed by atoms with E-state index in [1.165, 1.54) is 12.1 Å². The molecular formula is C21H23BrFN3O3. The quantitative estimate of drug-likeness (QED) is 0.575. The molecule has 0 radical (unpaired) electrons. The number of Topliss-reactive ketones (excluding diaryl/α,β-unsaturated/α-hetero) is 1. The highest BCUT2D eigenvalue weighted by atomic mass is 79.9. The molecule has 4 rings (SSSR count). The van der Waals surface area contributed by atoms with Gasteiger partial charge in [0.25, 0.3) is 0 Å². The SMILES string of the molecule is Br.CCC(C(=O)c1ccc(F)cc1)N1CCN(c2c(O)ccc3cnoc23)CC1. The maximum atomic E-state index is 13.2. The first kappa shape index (κ1) is 21.3. The Labute approximate surface area is 178 Å². The van der Waals surface area contributed by atoms with Crippen LogP contribution in [0.2, 0.25) is 0 Å². The predicted molar refractivity (Wildman–Crippen MR) is 115 cm³/mol. The van der Waals surface area contributed by atoms with E-state index in [2.05, 4.69) is 15.0 Å². The third-order valence-corrected chi connectivity index (χ3v) is 5.37. The second-order valence-corrected chi connectivity index (χ2v) is 7.00. The number of hydrogen-bond acceptors (Lipinski definition) is 6. The van der Waals surface area contributed by atoms with E-state index < -0.39 is 0 Å². The molecule has 154 valence electrons. The van der Waals surface area contributed by atoms with Gasteiger partial charge in [-0.2, -0.15) is 0 Å². The summed E-state index contributed by atoms with van der Waals surface area (Å²) < 4.78 is 18.5. The molecular weight excluding hydrogens is 441 g/mol. The van der Waals surface area contributed by atoms with Gasteiger partial charge in [0.2, 0.25) is 0 Å². The average Bonchev–Trinajstić information content (AvgIpc) is 3.18. The fourth-order valence-electron chi connectivity index (χ4n) is 3.89. The van der Waals surface area contributed by atoms with E-state index in [4.69, 9.17) is 4.52 Å². The molecule has 0 aliphatic carbocycles. The fraction of sp³-hybridized carbons (Fsp3) is 0.333. The zero-order valence-corrected chi connectivity index (χ0v) is 17.8. The van der Waals surface area contributed by atoms with Crippen LogP contribution in [0.15, 0.2) is 47.1 Å². The zero-order valence-electron chi connectivity index (χ0n) is 16.0. The van der Waals surface area contributed by atoms with Crippen LogP contribution in [0.3, 0.4) is 0 Å². The molecule has 1 aromatic heterocycles. The Hall–Kier alpha value is -2.45. The first-order chi connectivity index (χ1) is 13.6. The van der Waals surface area contributed by atoms with E-state index in [1.807, 2.05) is 6.92 Å². The number of aromatic hydroxyl groups is 1. The minimum Gasteiger partial charge on any atom is -0.506 e. The molecule has 2 aromatic carbocycles. The Bertz CT molecular complexity index is 985. The van der Waals surface area contributed by atoms with Crippen LogP contribution in [0.4, 0.5) is 10.1 Å². The number of phenolic OH excluding ortho intramolecular Hbond substituents is 1. The lowest BCUT2D eigenvalue weighted by Crippen LogP contribution is -2.52. The Morgan fingerprint density at radius 2 is 1.86 bits per heavy atom. The molecule has 1 N–H and O–H groups in total. The smallest absolute Gasteiger partial charge is 0.193 e. The molecule has 29 heavy (non-hydrogen) atoms. The van der Waals surface area contributed by atoms with Crippen molar-refractivity contribution in [2.24, 2.45) is 0 Å². The lowest BCUT2D eigenvalue weighted by molar-refractivity contribution is 0.0801. The molecule has 8 heteroatoms. The minimum atomic E-state index is -0.348. The second-order valence-electron chi connectivity index (χ2n) is 7.00. The number of carbonyl (C=O) groups is 1. The molecule has 6 nitrogen and oxygen atoms in total. The largest absolute Gasteiger partial charge is 0.506 e. The van der Waals surface area contributed by atoms with E-state index in [1.54, 1.807) is 30.5 Å². The number of nitrogens with zero attached hydrogens (tertiary/aromatic N) is 3. The molecule has 0 saturated carbocycles. The van der Waals surface area contributed by atoms with Crippen molar-refractivity contribution in [3.8, 4) is 5.75 Å². The molecule has 1 aliphatic heterocycles. The van der Waals surface area contributed by atoms with Gasteiger partial charge in [0.1, 0.15) is 17.3 Å². The van der Waals surface area contributed by atoms with Crippen molar-refractivity contribution < 1.29 is 18.8 Å². The lowest BCUT2D eigenvalue weighted by Gasteiger charge is -2.39. The lowest BCUT2D eigenvalue weighted by atomic mass is 10.00. The highest BCUT2D eigenvalue weighted by Crippen LogP contribution is 2.36. The number of carbonyl (C=O) groups excluding carboxylic acids is 1. The summed E-state index contributed by atoms with van der Waals surface area (Å²) in [6.45, 7) is 4.64. The average molecular weight is 464 g/mol. The van der Waals surface area contributed by atoms with Gasteiger partial charge in [0.05, 0.1) is 12.2 Å². The topological polar surface area (TPSA) is 69.8 Å². The van der Waals surface area contributed by atoms with Crippen molar-refractivity contribution in [1.29, 1.82) is 0 Å². The van der Waals surface area contributed by atoms with Crippen molar-refractivity contribution in [3.63, 3.8) is 0 Å². The third kappa shape index (κ3) is 4.13. The summed E-state index contributed by atoms with van der Waals surface area (Å²) in [4.78, 5) is 17.1. The number of piperazine rings is 1. The van der Waals surface area contributed by atoms with E-state index in [9.17, 15) is 14.3 Å². The number of phenols is 1. The van der Waals surface area contributed by atoms with Gasteiger partial charge in [0, 0.05) is 37.1 Å². The molecule has 1 atom stereocenters. The van der Waals surface area contributed by atoms with E-state index in [0.717, 1.165) is 5.39 Å². The number of rotatable bonds is 5. The fourth-order valence-corrected chi connectivity index (χ4v) is 3.89. The van der Waals surface area contributed by atoms with Crippen LogP contribution in [0.1, 0.15) is 23.7 Å². The first-order valence-electron chi connectivity index (χ1n) is 9.43. The van der Waals surface area contributed by atoms with Crippen molar-refractivity contribution in [2.45, 2.75) is 19.4 Å². The molecule has 0 amide bonds. The second kappa shape index (κ2) is 8.92. The number of benzene rings is 2. The van der Waals surface area contributed by atoms with Crippen LogP contribution in [0.5, 0.6) is 5.75 Å². The Morgan fingerprint density at radius 1 is 1.17 bits per heavy atom. The predicted octanol–water partition coefficient (Wildman–Crippen LogP) is 4.03. The summed E-state index contributed by atoms with van der Waals surface area (Å²) in [5.41, 5.74) is 1.75. The van der Waals surface area contributed by atoms with E-state index in [-0.39, 0.29) is 40.4 Å². The Morgan fingerprint density at radius 3 is 2.52 bits per heavy atom. The van der Waals surface area contributed by atoms with Gasteiger partial charge in [0.15, 0.2) is 11.4 Å². The van der Waals surface area contributed by atoms with Gasteiger partial charge in [-0.15, -0.1) is 17.0 Å². The molecule has 0 spiro atoms. The molecule has 1 fully saturated rings. The third-order valence-electron chi connectivity index (χ3n) is 5.37. The summed E-state index contributed by atoms with van der Waals surface area (Å²) >= 11 is 0. The van der Waals surface area contributed by atoms with Crippen molar-refractivity contribution in [1.82, 2.24) is 10.1 Å². The van der Waals surface area contributed by atoms with Gasteiger partial charge in [-0.1, -0.05) is 12.1 Å². The molecule has 1 saturated heterocycles. The van der Waals surface area contributed by atoms with E-state index in [0.29, 0.717) is 49.4 Å². The van der Waals surface area contributed by atoms with Crippen LogP contribution < -0.4 is 4.90 Å². The number of anilines is 1. The Kier molecular flexibility index (Phi) is 6.54. The van der Waals surface area contributed by atoms with Gasteiger partial charge in [-0.05, 0) is 42.8 Å². The number of halogens is 2. The van der Waals surface area contributed by atoms with Crippen LogP contribution in [-0.4, -0.2) is 53.2 Å². The van der Waals surface area contributed by atoms with Gasteiger partial charge < -0.3 is 14.5 Å². The van der Waals surface area contributed by atoms with Gasteiger partial charge >= 0.3 is 0 Å². The van der Waals surface area contributed by atoms with Crippen LogP contribution in [-0.2, 0) is 0 Å². The van der Waals surface area contributed by atoms with E-state index >= 15 is 0 Å². The number of aromatic nitrogens is 1. The highest BCUT2D eigenvalue weighted by Gasteiger charge is 2.30. The normalized spacial score (nSPS) is 15.9. The van der Waals surface area contributed by atoms with Crippen molar-refractivity contribution in [2.75, 3.05) is 31.1 Å². The highest BCUT2D eigenvalue weighted by molar-refractivity contribution is 8.93. The first-order valence-corrected chi connectivity index (χ1v) is 9.43. The number of fused-ring (bicyclic) bond motifs is 1. The number of ketones is 1. The summed E-state index contributed by atoms with van der Waals surface area (Å²) in [6, 6.07) is 8.89. The zero-order chi connectivity index (χ0) is 19.7. The maximum Gasteiger partial charge on any atom is 0.193 e. The minimum absolute atomic E-state index is 0. The summed E-state index contributed by atoms with van der Waals surface area (Å²) in [5.74, 6) is -0.178. The summed E-state index contributed by atoms with van der Waals surface area (Å²) in [5, 5.41) is 15.0. The molecule has 2 heterocycles. The van der Waals surface area contributed by atoms with Crippen molar-refractivity contribution in [3.05, 3.63) is 54.0 Å². The van der Waals surface area contributed by atoms with Crippen LogP contribution >= 0.6 is 17.0 Å². The summed E-state index contributed by atoms with van der Waals surface area (Å²) in [6.07, 6.45) is 2.31. The monoisotopic (exact) mass is 463 g/mol. The standard InChI is InChI=1S/C21H22FN3O3.BrH/c1-2-17(20(27)14-3-6-16(22)7-4-14)24-9-11-25(12-10-24)19-18(26)8-5-15-13-23-28-21(15)19;/h3-8,13,17,26H,2,9-12H2,1H3;1H. The molecule has 1 unspecified atom stereocenters. The summed E-state index contributed by atoms with van der Waals surface area (Å²) in [7, 11) is 0. The molecule has 3 aromatic rings. The van der Waals surface area contributed by atoms with Crippen LogP contribution in [0.25, 0.3) is 11.0 Å². The molecule has 0 bridgehead atoms. The van der Waals surface area contributed by atoms with Crippen LogP contribution in [0, 0.1) is 5.82 Å². The maximum absolute atomic E-state index is 13.2. The van der Waals surface area contributed by atoms with Crippen molar-refractivity contribution >= 4 is 39.4 Å². The van der Waals surface area contributed by atoms with Gasteiger partial charge in [-0.3, -0.25) is 9.69 Å². The Balaban J connectivity index is 0.00000240. The molecule has 1 aliphatic rings.